The van der Waals surface area contributed by atoms with Crippen molar-refractivity contribution in [2.75, 3.05) is 7.05 Å². The molecule has 6 nitrogen and oxygen atoms in total. The van der Waals surface area contributed by atoms with Crippen LogP contribution in [0.4, 0.5) is 0 Å². The molecule has 0 aromatic heterocycles. The molecule has 124 valence electrons. The Balaban J connectivity index is 1.68. The molecule has 2 amide bonds. The first kappa shape index (κ1) is 16.0. The number of nitrogens with one attached hydrogen (secondary N) is 3. The lowest BCUT2D eigenvalue weighted by atomic mass is 10.1. The summed E-state index contributed by atoms with van der Waals surface area (Å²) in [5.41, 5.74) is 7.89. The largest absolute Gasteiger partial charge is 0.355 e. The summed E-state index contributed by atoms with van der Waals surface area (Å²) in [6.45, 7) is 2.67. The topological polar surface area (TPSA) is 73.5 Å². The zero-order chi connectivity index (χ0) is 16.4. The molecule has 3 N–H and O–H groups in total. The average Bonchev–Trinajstić information content (AvgIpc) is 3.32. The van der Waals surface area contributed by atoms with Crippen LogP contribution >= 0.6 is 0 Å². The van der Waals surface area contributed by atoms with Gasteiger partial charge in [-0.05, 0) is 43.9 Å². The van der Waals surface area contributed by atoms with Crippen molar-refractivity contribution in [1.82, 2.24) is 21.1 Å². The normalized spacial score (nSPS) is 23.6. The number of amides is 2. The molecule has 2 aliphatic rings. The Morgan fingerprint density at radius 1 is 1.22 bits per heavy atom. The molecule has 2 atom stereocenters. The molecular formula is C17H24N4O2. The fourth-order valence-corrected chi connectivity index (χ4v) is 2.95. The van der Waals surface area contributed by atoms with Gasteiger partial charge in [-0.15, -0.1) is 0 Å². The molecule has 1 saturated heterocycles. The van der Waals surface area contributed by atoms with Crippen LogP contribution in [0.5, 0.6) is 0 Å². The minimum Gasteiger partial charge on any atom is -0.355 e. The second-order valence-electron chi connectivity index (χ2n) is 6.45. The Hall–Kier alpha value is -1.92. The van der Waals surface area contributed by atoms with Gasteiger partial charge in [0.15, 0.2) is 0 Å². The second kappa shape index (κ2) is 6.68. The van der Waals surface area contributed by atoms with Gasteiger partial charge >= 0.3 is 0 Å². The van der Waals surface area contributed by atoms with E-state index in [1.807, 2.05) is 17.0 Å². The average molecular weight is 316 g/mol. The lowest BCUT2D eigenvalue weighted by Crippen LogP contribution is -2.46. The molecule has 0 radical (unpaired) electrons. The highest BCUT2D eigenvalue weighted by molar-refractivity contribution is 5.93. The Labute approximate surface area is 136 Å². The van der Waals surface area contributed by atoms with E-state index in [4.69, 9.17) is 0 Å². The number of carbonyl (C=O) groups excluding carboxylic acids is 2. The molecule has 0 spiro atoms. The third-order valence-corrected chi connectivity index (χ3v) is 4.46. The van der Waals surface area contributed by atoms with Crippen molar-refractivity contribution in [2.45, 2.75) is 50.9 Å². The van der Waals surface area contributed by atoms with Crippen molar-refractivity contribution in [3.63, 3.8) is 0 Å². The van der Waals surface area contributed by atoms with Gasteiger partial charge in [0, 0.05) is 31.2 Å². The van der Waals surface area contributed by atoms with Gasteiger partial charge in [-0.25, -0.2) is 5.43 Å². The smallest absolute Gasteiger partial charge is 0.251 e. The minimum atomic E-state index is -0.143. The number of benzene rings is 1. The summed E-state index contributed by atoms with van der Waals surface area (Å²) < 4.78 is 0. The van der Waals surface area contributed by atoms with Crippen LogP contribution in [0.2, 0.25) is 0 Å². The summed E-state index contributed by atoms with van der Waals surface area (Å²) >= 11 is 0. The molecule has 1 aliphatic carbocycles. The standard InChI is InChI=1S/C17H24N4O2/c1-11-9-15(20-19-11)17(23)21(14-7-8-14)10-12-3-5-13(6-4-12)16(22)18-2/h3-6,11,14-15,19-20H,7-10H2,1-2H3,(H,18,22). The quantitative estimate of drug-likeness (QED) is 0.751. The van der Waals surface area contributed by atoms with Crippen LogP contribution in [0.3, 0.4) is 0 Å². The Kier molecular flexibility index (Phi) is 4.63. The first-order valence-corrected chi connectivity index (χ1v) is 8.21. The molecule has 1 heterocycles. The van der Waals surface area contributed by atoms with Gasteiger partial charge in [0.2, 0.25) is 5.91 Å². The molecule has 1 aromatic rings. The van der Waals surface area contributed by atoms with Crippen molar-refractivity contribution in [1.29, 1.82) is 0 Å². The lowest BCUT2D eigenvalue weighted by Gasteiger charge is -2.25. The van der Waals surface area contributed by atoms with Crippen molar-refractivity contribution < 1.29 is 9.59 Å². The Morgan fingerprint density at radius 2 is 1.91 bits per heavy atom. The number of hydrazine groups is 1. The van der Waals surface area contributed by atoms with Gasteiger partial charge in [0.05, 0.1) is 0 Å². The van der Waals surface area contributed by atoms with Crippen molar-refractivity contribution in [3.8, 4) is 0 Å². The van der Waals surface area contributed by atoms with E-state index in [1.54, 1.807) is 19.2 Å². The van der Waals surface area contributed by atoms with Crippen LogP contribution in [0.1, 0.15) is 42.1 Å². The summed E-state index contributed by atoms with van der Waals surface area (Å²) in [5, 5.41) is 2.61. The van der Waals surface area contributed by atoms with Gasteiger partial charge < -0.3 is 10.2 Å². The second-order valence-corrected chi connectivity index (χ2v) is 6.45. The zero-order valence-electron chi connectivity index (χ0n) is 13.6. The summed E-state index contributed by atoms with van der Waals surface area (Å²) in [6.07, 6.45) is 2.98. The SMILES string of the molecule is CNC(=O)c1ccc(CN(C(=O)C2CC(C)NN2)C2CC2)cc1. The van der Waals surface area contributed by atoms with Gasteiger partial charge in [-0.3, -0.25) is 15.0 Å². The Morgan fingerprint density at radius 3 is 2.43 bits per heavy atom. The van der Waals surface area contributed by atoms with E-state index < -0.39 is 0 Å². The molecule has 1 saturated carbocycles. The maximum Gasteiger partial charge on any atom is 0.251 e. The highest BCUT2D eigenvalue weighted by Gasteiger charge is 2.37. The van der Waals surface area contributed by atoms with E-state index in [2.05, 4.69) is 23.1 Å². The molecule has 23 heavy (non-hydrogen) atoms. The van der Waals surface area contributed by atoms with E-state index >= 15 is 0 Å². The van der Waals surface area contributed by atoms with Crippen molar-refractivity contribution >= 4 is 11.8 Å². The number of nitrogens with zero attached hydrogens (tertiary/aromatic N) is 1. The highest BCUT2D eigenvalue weighted by Crippen LogP contribution is 2.29. The predicted octanol–water partition coefficient (Wildman–Crippen LogP) is 0.792. The van der Waals surface area contributed by atoms with Crippen LogP contribution in [-0.2, 0) is 11.3 Å². The summed E-state index contributed by atoms with van der Waals surface area (Å²) in [4.78, 5) is 26.3. The molecule has 3 rings (SSSR count). The van der Waals surface area contributed by atoms with E-state index in [1.165, 1.54) is 0 Å². The minimum absolute atomic E-state index is 0.0955. The van der Waals surface area contributed by atoms with E-state index in [0.717, 1.165) is 24.8 Å². The molecule has 0 bridgehead atoms. The molecule has 2 unspecified atom stereocenters. The monoisotopic (exact) mass is 316 g/mol. The Bertz CT molecular complexity index is 583. The molecule has 1 aromatic carbocycles. The van der Waals surface area contributed by atoms with Gasteiger partial charge in [0.25, 0.3) is 5.91 Å². The van der Waals surface area contributed by atoms with Crippen molar-refractivity contribution in [3.05, 3.63) is 35.4 Å². The number of carbonyl (C=O) groups is 2. The van der Waals surface area contributed by atoms with Gasteiger partial charge in [-0.2, -0.15) is 0 Å². The van der Waals surface area contributed by atoms with Gasteiger partial charge in [0.1, 0.15) is 6.04 Å². The maximum absolute atomic E-state index is 12.8. The van der Waals surface area contributed by atoms with Crippen LogP contribution < -0.4 is 16.2 Å². The number of hydrogen-bond donors (Lipinski definition) is 3. The first-order valence-electron chi connectivity index (χ1n) is 8.21. The molecular weight excluding hydrogens is 292 g/mol. The van der Waals surface area contributed by atoms with Gasteiger partial charge in [-0.1, -0.05) is 12.1 Å². The van der Waals surface area contributed by atoms with Crippen molar-refractivity contribution in [2.24, 2.45) is 0 Å². The molecule has 2 fully saturated rings. The fourth-order valence-electron chi connectivity index (χ4n) is 2.95. The number of rotatable bonds is 5. The fraction of sp³-hybridized carbons (Fsp3) is 0.529. The van der Waals surface area contributed by atoms with Crippen LogP contribution in [0.15, 0.2) is 24.3 Å². The zero-order valence-corrected chi connectivity index (χ0v) is 13.6. The molecule has 1 aliphatic heterocycles. The lowest BCUT2D eigenvalue weighted by molar-refractivity contribution is -0.134. The van der Waals surface area contributed by atoms with Crippen LogP contribution in [-0.4, -0.2) is 41.9 Å². The number of hydrogen-bond acceptors (Lipinski definition) is 4. The highest BCUT2D eigenvalue weighted by atomic mass is 16.2. The summed E-state index contributed by atoms with van der Waals surface area (Å²) in [5.74, 6) is 0.0709. The molecule has 6 heteroatoms. The maximum atomic E-state index is 12.8. The third-order valence-electron chi connectivity index (χ3n) is 4.46. The first-order chi connectivity index (χ1) is 11.1. The third kappa shape index (κ3) is 3.71. The summed E-state index contributed by atoms with van der Waals surface area (Å²) in [7, 11) is 1.62. The van der Waals surface area contributed by atoms with Crippen LogP contribution in [0.25, 0.3) is 0 Å². The van der Waals surface area contributed by atoms with E-state index in [0.29, 0.717) is 24.2 Å². The van der Waals surface area contributed by atoms with E-state index in [-0.39, 0.29) is 17.9 Å². The predicted molar refractivity (Wildman–Crippen MR) is 87.5 cm³/mol. The summed E-state index contributed by atoms with van der Waals surface area (Å²) in [6, 6.07) is 8.00. The van der Waals surface area contributed by atoms with E-state index in [9.17, 15) is 9.59 Å². The van der Waals surface area contributed by atoms with Crippen LogP contribution in [0, 0.1) is 0 Å².